The van der Waals surface area contributed by atoms with Gasteiger partial charge in [-0.2, -0.15) is 0 Å². The van der Waals surface area contributed by atoms with Crippen LogP contribution in [0.25, 0.3) is 0 Å². The van der Waals surface area contributed by atoms with Gasteiger partial charge in [0.05, 0.1) is 24.7 Å². The summed E-state index contributed by atoms with van der Waals surface area (Å²) in [5, 5.41) is 12.1. The Morgan fingerprint density at radius 3 is 2.42 bits per heavy atom. The molecule has 0 atom stereocenters. The van der Waals surface area contributed by atoms with Crippen LogP contribution in [-0.2, 0) is 19.1 Å². The largest absolute Gasteiger partial charge is 0.492 e. The highest BCUT2D eigenvalue weighted by Crippen LogP contribution is 2.21. The molecule has 8 heteroatoms. The van der Waals surface area contributed by atoms with E-state index in [1.54, 1.807) is 37.4 Å². The fourth-order valence-corrected chi connectivity index (χ4v) is 3.38. The molecule has 0 saturated carbocycles. The zero-order chi connectivity index (χ0) is 28.0. The third-order valence-corrected chi connectivity index (χ3v) is 5.48. The van der Waals surface area contributed by atoms with Gasteiger partial charge in [-0.25, -0.2) is 4.79 Å². The molecule has 1 saturated heterocycles. The van der Waals surface area contributed by atoms with Crippen LogP contribution in [0, 0.1) is 5.92 Å². The van der Waals surface area contributed by atoms with E-state index in [9.17, 15) is 14.7 Å². The number of rotatable bonds is 15. The van der Waals surface area contributed by atoms with Crippen molar-refractivity contribution in [2.75, 3.05) is 33.3 Å². The summed E-state index contributed by atoms with van der Waals surface area (Å²) in [5.74, 6) is 0.257. The fourth-order valence-electron chi connectivity index (χ4n) is 3.38. The molecule has 1 aliphatic heterocycles. The Bertz CT molecular complexity index is 991. The molecule has 0 spiro atoms. The molecule has 0 aromatic carbocycles. The topological polar surface area (TPSA) is 100 Å². The second-order valence-electron chi connectivity index (χ2n) is 8.32. The minimum absolute atomic E-state index is 0.0523. The molecule has 0 bridgehead atoms. The van der Waals surface area contributed by atoms with Crippen LogP contribution in [0.15, 0.2) is 102 Å². The molecule has 0 aromatic heterocycles. The number of piperidine rings is 1. The number of aliphatic carboxylic acids is 1. The third kappa shape index (κ3) is 13.9. The van der Waals surface area contributed by atoms with Crippen LogP contribution in [-0.4, -0.2) is 61.0 Å². The molecular formula is C30H41N3O5. The molecule has 1 fully saturated rings. The van der Waals surface area contributed by atoms with Crippen LogP contribution in [0.2, 0.25) is 0 Å². The van der Waals surface area contributed by atoms with Gasteiger partial charge >= 0.3 is 5.97 Å². The molecule has 1 rings (SSSR count). The summed E-state index contributed by atoms with van der Waals surface area (Å²) in [6.07, 6.45) is 25.0. The Morgan fingerprint density at radius 2 is 1.76 bits per heavy atom. The number of nitrogens with one attached hydrogen (secondary N) is 1. The van der Waals surface area contributed by atoms with Crippen molar-refractivity contribution >= 4 is 17.7 Å². The van der Waals surface area contributed by atoms with E-state index in [-0.39, 0.29) is 23.7 Å². The van der Waals surface area contributed by atoms with Crippen molar-refractivity contribution in [2.24, 2.45) is 10.9 Å². The number of amides is 1. The maximum absolute atomic E-state index is 12.0. The fraction of sp³-hybridized carbons (Fsp3) is 0.367. The lowest BCUT2D eigenvalue weighted by atomic mass is 9.97. The SMILES string of the molecule is C=C(C(=O)O)/C(=C\C=C/C)OCC1CCN(C(/C=C\CNC(=O)C/C=C/O/C=C/C=C\C=C/C)=NC)CC1. The Balaban J connectivity index is 2.37. The Labute approximate surface area is 226 Å². The lowest BCUT2D eigenvalue weighted by Crippen LogP contribution is -2.38. The summed E-state index contributed by atoms with van der Waals surface area (Å²) < 4.78 is 11.0. The quantitative estimate of drug-likeness (QED) is 0.102. The van der Waals surface area contributed by atoms with Crippen molar-refractivity contribution in [3.8, 4) is 0 Å². The van der Waals surface area contributed by atoms with Crippen LogP contribution in [0.5, 0.6) is 0 Å². The highest BCUT2D eigenvalue weighted by Gasteiger charge is 2.22. The van der Waals surface area contributed by atoms with Crippen LogP contribution >= 0.6 is 0 Å². The zero-order valence-corrected chi connectivity index (χ0v) is 22.7. The van der Waals surface area contributed by atoms with Crippen LogP contribution in [0.4, 0.5) is 0 Å². The number of hydrogen-bond acceptors (Lipinski definition) is 5. The summed E-state index contributed by atoms with van der Waals surface area (Å²) >= 11 is 0. The molecule has 0 radical (unpaired) electrons. The second-order valence-corrected chi connectivity index (χ2v) is 8.32. The van der Waals surface area contributed by atoms with Crippen LogP contribution < -0.4 is 5.32 Å². The monoisotopic (exact) mass is 523 g/mol. The summed E-state index contributed by atoms with van der Waals surface area (Å²) in [5.41, 5.74) is -0.0523. The number of aliphatic imine (C=N–C) groups is 1. The molecule has 1 amide bonds. The molecule has 1 aliphatic rings. The van der Waals surface area contributed by atoms with Crippen molar-refractivity contribution in [2.45, 2.75) is 33.1 Å². The minimum atomic E-state index is -1.09. The van der Waals surface area contributed by atoms with E-state index in [1.807, 2.05) is 50.3 Å². The van der Waals surface area contributed by atoms with Gasteiger partial charge in [0.2, 0.25) is 5.91 Å². The minimum Gasteiger partial charge on any atom is -0.492 e. The number of likely N-dealkylation sites (tertiary alicyclic amines) is 1. The van der Waals surface area contributed by atoms with Crippen LogP contribution in [0.3, 0.4) is 0 Å². The van der Waals surface area contributed by atoms with Crippen molar-refractivity contribution in [3.05, 3.63) is 97.3 Å². The Morgan fingerprint density at radius 1 is 1.05 bits per heavy atom. The average molecular weight is 524 g/mol. The normalized spacial score (nSPS) is 16.1. The number of carbonyl (C=O) groups is 2. The van der Waals surface area contributed by atoms with Crippen molar-refractivity contribution < 1.29 is 24.2 Å². The number of hydrogen-bond donors (Lipinski definition) is 2. The van der Waals surface area contributed by atoms with E-state index in [2.05, 4.69) is 21.8 Å². The molecule has 206 valence electrons. The first-order chi connectivity index (χ1) is 18.4. The van der Waals surface area contributed by atoms with Crippen LogP contribution in [0.1, 0.15) is 33.1 Å². The third-order valence-electron chi connectivity index (χ3n) is 5.48. The average Bonchev–Trinajstić information content (AvgIpc) is 2.92. The van der Waals surface area contributed by atoms with Gasteiger partial charge in [-0.15, -0.1) is 0 Å². The van der Waals surface area contributed by atoms with E-state index < -0.39 is 5.97 Å². The molecule has 0 aliphatic carbocycles. The van der Waals surface area contributed by atoms with Gasteiger partial charge in [0.15, 0.2) is 0 Å². The van der Waals surface area contributed by atoms with Gasteiger partial charge in [-0.05, 0) is 56.9 Å². The smallest absolute Gasteiger partial charge is 0.338 e. The molecule has 0 aromatic rings. The van der Waals surface area contributed by atoms with E-state index >= 15 is 0 Å². The second kappa shape index (κ2) is 20.0. The molecule has 1 heterocycles. The maximum atomic E-state index is 12.0. The Kier molecular flexibility index (Phi) is 16.9. The van der Waals surface area contributed by atoms with E-state index in [0.717, 1.165) is 31.8 Å². The lowest BCUT2D eigenvalue weighted by Gasteiger charge is -2.33. The maximum Gasteiger partial charge on any atom is 0.338 e. The molecule has 8 nitrogen and oxygen atoms in total. The van der Waals surface area contributed by atoms with Gasteiger partial charge < -0.3 is 24.8 Å². The first-order valence-corrected chi connectivity index (χ1v) is 12.7. The van der Waals surface area contributed by atoms with Crippen molar-refractivity contribution in [3.63, 3.8) is 0 Å². The van der Waals surface area contributed by atoms with Crippen molar-refractivity contribution in [1.82, 2.24) is 10.2 Å². The molecular weight excluding hydrogens is 482 g/mol. The Hall–Kier alpha value is -4.07. The number of amidine groups is 1. The molecule has 0 unspecified atom stereocenters. The standard InChI is InChI=1S/C30H41N3O5/c1-5-7-9-10-11-22-37-23-13-16-29(34)32-19-12-15-28(31-4)33-20-17-26(18-21-33)24-38-27(14-8-6-2)25(3)30(35)36/h5-15,22-23,26H,3,16-21,24H2,1-2,4H3,(H,32,34)(H,35,36)/b7-5-,8-6-,10-9-,15-12-,22-11+,23-13+,27-14+,31-28?. The summed E-state index contributed by atoms with van der Waals surface area (Å²) in [7, 11) is 1.75. The van der Waals surface area contributed by atoms with E-state index in [4.69, 9.17) is 9.47 Å². The zero-order valence-electron chi connectivity index (χ0n) is 22.7. The number of carboxylic acid groups (broad SMARTS) is 1. The highest BCUT2D eigenvalue weighted by molar-refractivity contribution is 5.93. The molecule has 38 heavy (non-hydrogen) atoms. The first-order valence-electron chi connectivity index (χ1n) is 12.7. The predicted octanol–water partition coefficient (Wildman–Crippen LogP) is 5.08. The molecule has 2 N–H and O–H groups in total. The van der Waals surface area contributed by atoms with Crippen molar-refractivity contribution in [1.29, 1.82) is 0 Å². The van der Waals surface area contributed by atoms with E-state index in [0.29, 0.717) is 19.1 Å². The number of nitrogens with zero attached hydrogens (tertiary/aromatic N) is 2. The number of allylic oxidation sites excluding steroid dienone is 8. The van der Waals surface area contributed by atoms with Gasteiger partial charge in [-0.3, -0.25) is 9.79 Å². The van der Waals surface area contributed by atoms with Gasteiger partial charge in [0.25, 0.3) is 0 Å². The number of ether oxygens (including phenoxy) is 2. The van der Waals surface area contributed by atoms with Gasteiger partial charge in [0, 0.05) is 33.1 Å². The first kappa shape index (κ1) is 32.0. The van der Waals surface area contributed by atoms with E-state index in [1.165, 1.54) is 12.5 Å². The summed E-state index contributed by atoms with van der Waals surface area (Å²) in [6, 6.07) is 0. The number of carboxylic acids is 1. The predicted molar refractivity (Wildman–Crippen MR) is 153 cm³/mol. The summed E-state index contributed by atoms with van der Waals surface area (Å²) in [4.78, 5) is 29.8. The lowest BCUT2D eigenvalue weighted by molar-refractivity contribution is -0.132. The van der Waals surface area contributed by atoms with Gasteiger partial charge in [-0.1, -0.05) is 49.1 Å². The highest BCUT2D eigenvalue weighted by atomic mass is 16.5. The summed E-state index contributed by atoms with van der Waals surface area (Å²) in [6.45, 7) is 9.87. The number of carbonyl (C=O) groups excluding carboxylic acids is 1. The van der Waals surface area contributed by atoms with Gasteiger partial charge in [0.1, 0.15) is 11.6 Å².